The van der Waals surface area contributed by atoms with Gasteiger partial charge < -0.3 is 14.7 Å². The Morgan fingerprint density at radius 3 is 2.28 bits per heavy atom. The van der Waals surface area contributed by atoms with Gasteiger partial charge in [-0.25, -0.2) is 0 Å². The van der Waals surface area contributed by atoms with Gasteiger partial charge in [-0.2, -0.15) is 0 Å². The van der Waals surface area contributed by atoms with E-state index in [4.69, 9.17) is 9.84 Å². The van der Waals surface area contributed by atoms with Crippen molar-refractivity contribution >= 4 is 11.5 Å². The second-order valence-corrected chi connectivity index (χ2v) is 8.84. The van der Waals surface area contributed by atoms with Crippen LogP contribution in [0.3, 0.4) is 0 Å². The normalized spacial score (nSPS) is 22.0. The van der Waals surface area contributed by atoms with Crippen molar-refractivity contribution in [3.63, 3.8) is 0 Å². The fourth-order valence-corrected chi connectivity index (χ4v) is 4.51. The van der Waals surface area contributed by atoms with Crippen molar-refractivity contribution < 1.29 is 14.6 Å². The Bertz CT molecular complexity index is 683. The molecule has 0 amide bonds. The van der Waals surface area contributed by atoms with E-state index in [2.05, 4.69) is 57.1 Å². The van der Waals surface area contributed by atoms with Crippen LogP contribution in [0.25, 0.3) is 0 Å². The predicted octanol–water partition coefficient (Wildman–Crippen LogP) is 5.29. The van der Waals surface area contributed by atoms with Crippen molar-refractivity contribution in [1.29, 1.82) is 0 Å². The maximum atomic E-state index is 12.6. The zero-order valence-corrected chi connectivity index (χ0v) is 19.0. The van der Waals surface area contributed by atoms with Gasteiger partial charge in [-0.1, -0.05) is 25.0 Å². The maximum absolute atomic E-state index is 12.6. The van der Waals surface area contributed by atoms with E-state index >= 15 is 0 Å². The molecule has 1 saturated heterocycles. The highest BCUT2D eigenvalue weighted by molar-refractivity contribution is 5.82. The second kappa shape index (κ2) is 10.8. The molecule has 0 radical (unpaired) electrons. The van der Waals surface area contributed by atoms with E-state index in [-0.39, 0.29) is 12.2 Å². The first kappa shape index (κ1) is 23.5. The number of nitrogens with zero attached hydrogens (tertiary/aromatic N) is 1. The molecule has 1 aromatic rings. The van der Waals surface area contributed by atoms with E-state index in [1.165, 1.54) is 36.9 Å². The number of aliphatic hydroxyl groups excluding tert-OH is 1. The molecule has 162 valence electrons. The lowest BCUT2D eigenvalue weighted by Crippen LogP contribution is -2.45. The summed E-state index contributed by atoms with van der Waals surface area (Å²) in [6.45, 7) is 6.06. The molecule has 4 heteroatoms. The van der Waals surface area contributed by atoms with Gasteiger partial charge in [0.2, 0.25) is 0 Å². The first-order chi connectivity index (χ1) is 13.8. The van der Waals surface area contributed by atoms with Crippen LogP contribution >= 0.6 is 0 Å². The summed E-state index contributed by atoms with van der Waals surface area (Å²) < 4.78 is 6.62. The minimum Gasteiger partial charge on any atom is -0.490 e. The number of benzene rings is 1. The summed E-state index contributed by atoms with van der Waals surface area (Å²) in [7, 11) is 4.12. The van der Waals surface area contributed by atoms with Crippen LogP contribution in [0, 0.1) is 5.92 Å². The smallest absolute Gasteiger partial charge is 0.144 e. The summed E-state index contributed by atoms with van der Waals surface area (Å²) in [5.74, 6) is 1.79. The second-order valence-electron chi connectivity index (χ2n) is 8.84. The van der Waals surface area contributed by atoms with E-state index in [0.29, 0.717) is 24.5 Å². The van der Waals surface area contributed by atoms with Gasteiger partial charge in [-0.05, 0) is 75.6 Å². The number of aliphatic hydroxyl groups is 1. The van der Waals surface area contributed by atoms with Gasteiger partial charge in [0.15, 0.2) is 0 Å². The SMILES string of the molecule is CC(C)=C1CC(=O)CC(CCc2ccc(N(C)C)cc2)(C2CCCC2)O1.CCO. The van der Waals surface area contributed by atoms with E-state index in [0.717, 1.165) is 24.2 Å². The number of ether oxygens (including phenoxy) is 1. The molecule has 0 aromatic heterocycles. The van der Waals surface area contributed by atoms with Gasteiger partial charge in [0, 0.05) is 32.8 Å². The maximum Gasteiger partial charge on any atom is 0.144 e. The van der Waals surface area contributed by atoms with Crippen molar-refractivity contribution in [3.05, 3.63) is 41.2 Å². The molecule has 0 spiro atoms. The topological polar surface area (TPSA) is 49.8 Å². The van der Waals surface area contributed by atoms with Gasteiger partial charge in [-0.15, -0.1) is 0 Å². The fraction of sp³-hybridized carbons (Fsp3) is 0.640. The van der Waals surface area contributed by atoms with Crippen LogP contribution in [0.15, 0.2) is 35.6 Å². The molecule has 3 rings (SSSR count). The van der Waals surface area contributed by atoms with Crippen LogP contribution in [0.5, 0.6) is 0 Å². The number of anilines is 1. The van der Waals surface area contributed by atoms with Crippen molar-refractivity contribution in [2.45, 2.75) is 77.7 Å². The molecule has 2 fully saturated rings. The van der Waals surface area contributed by atoms with Crippen LogP contribution in [0.4, 0.5) is 5.69 Å². The highest BCUT2D eigenvalue weighted by Crippen LogP contribution is 2.46. The van der Waals surface area contributed by atoms with E-state index in [9.17, 15) is 4.79 Å². The average Bonchev–Trinajstić information content (AvgIpc) is 3.22. The van der Waals surface area contributed by atoms with Crippen molar-refractivity contribution in [2.24, 2.45) is 5.92 Å². The summed E-state index contributed by atoms with van der Waals surface area (Å²) in [5, 5.41) is 7.57. The van der Waals surface area contributed by atoms with Crippen LogP contribution in [0.2, 0.25) is 0 Å². The molecule has 1 N–H and O–H groups in total. The fourth-order valence-electron chi connectivity index (χ4n) is 4.51. The third-order valence-corrected chi connectivity index (χ3v) is 6.13. The van der Waals surface area contributed by atoms with Crippen LogP contribution in [0.1, 0.15) is 71.3 Å². The molecule has 0 bridgehead atoms. The quantitative estimate of drug-likeness (QED) is 0.729. The Kier molecular flexibility index (Phi) is 8.76. The van der Waals surface area contributed by atoms with Crippen LogP contribution < -0.4 is 4.90 Å². The molecule has 4 nitrogen and oxygen atoms in total. The third-order valence-electron chi connectivity index (χ3n) is 6.13. The van der Waals surface area contributed by atoms with Gasteiger partial charge in [-0.3, -0.25) is 4.79 Å². The number of hydrogen-bond acceptors (Lipinski definition) is 4. The Morgan fingerprint density at radius 2 is 1.76 bits per heavy atom. The molecule has 1 unspecified atom stereocenters. The Labute approximate surface area is 176 Å². The molecule has 2 aliphatic rings. The summed E-state index contributed by atoms with van der Waals surface area (Å²) in [6, 6.07) is 8.77. The molecule has 1 saturated carbocycles. The monoisotopic (exact) mass is 401 g/mol. The molecule has 1 atom stereocenters. The number of carbonyl (C=O) groups is 1. The van der Waals surface area contributed by atoms with Crippen LogP contribution in [-0.2, 0) is 16.0 Å². The Morgan fingerprint density at radius 1 is 1.17 bits per heavy atom. The minimum absolute atomic E-state index is 0.250. The van der Waals surface area contributed by atoms with Crippen molar-refractivity contribution in [2.75, 3.05) is 25.6 Å². The molecule has 1 aromatic carbocycles. The standard InChI is InChI=1S/C23H33NO2.C2H6O/c1-17(2)22-15-21(25)16-23(26-22,19-7-5-6-8-19)14-13-18-9-11-20(12-10-18)24(3)4;1-2-3/h9-12,19H,5-8,13-16H2,1-4H3;3H,2H2,1H3. The van der Waals surface area contributed by atoms with Gasteiger partial charge in [0.25, 0.3) is 0 Å². The number of aryl methyl sites for hydroxylation is 1. The number of carbonyl (C=O) groups excluding carboxylic acids is 1. The van der Waals surface area contributed by atoms with Crippen molar-refractivity contribution in [3.8, 4) is 0 Å². The third kappa shape index (κ3) is 6.33. The molecule has 1 heterocycles. The molecule has 29 heavy (non-hydrogen) atoms. The lowest BCUT2D eigenvalue weighted by atomic mass is 9.75. The summed E-state index contributed by atoms with van der Waals surface area (Å²) >= 11 is 0. The van der Waals surface area contributed by atoms with Gasteiger partial charge >= 0.3 is 0 Å². The largest absolute Gasteiger partial charge is 0.490 e. The molecule has 1 aliphatic heterocycles. The lowest BCUT2D eigenvalue weighted by Gasteiger charge is -2.43. The highest BCUT2D eigenvalue weighted by atomic mass is 16.5. The number of ketones is 1. The van der Waals surface area contributed by atoms with E-state index < -0.39 is 0 Å². The van der Waals surface area contributed by atoms with E-state index in [1.807, 2.05) is 0 Å². The molecular weight excluding hydrogens is 362 g/mol. The first-order valence-corrected chi connectivity index (χ1v) is 11.1. The Balaban J connectivity index is 0.000000941. The number of allylic oxidation sites excluding steroid dienone is 2. The summed E-state index contributed by atoms with van der Waals surface area (Å²) in [6.07, 6.45) is 7.90. The Hall–Kier alpha value is -1.81. The first-order valence-electron chi connectivity index (χ1n) is 11.1. The minimum atomic E-state index is -0.293. The average molecular weight is 402 g/mol. The molecular formula is C25H39NO3. The predicted molar refractivity (Wildman–Crippen MR) is 120 cm³/mol. The number of rotatable bonds is 5. The van der Waals surface area contributed by atoms with Crippen LogP contribution in [-0.4, -0.2) is 37.2 Å². The molecule has 1 aliphatic carbocycles. The zero-order valence-electron chi connectivity index (χ0n) is 19.0. The summed E-state index contributed by atoms with van der Waals surface area (Å²) in [4.78, 5) is 14.7. The zero-order chi connectivity index (χ0) is 21.4. The lowest BCUT2D eigenvalue weighted by molar-refractivity contribution is -0.139. The summed E-state index contributed by atoms with van der Waals surface area (Å²) in [5.41, 5.74) is 3.40. The van der Waals surface area contributed by atoms with Gasteiger partial charge in [0.1, 0.15) is 17.1 Å². The number of hydrogen-bond donors (Lipinski definition) is 1. The number of Topliss-reactive ketones (excluding diaryl/α,β-unsaturated/α-hetero) is 1. The van der Waals surface area contributed by atoms with E-state index in [1.54, 1.807) is 6.92 Å². The van der Waals surface area contributed by atoms with Crippen molar-refractivity contribution in [1.82, 2.24) is 0 Å². The van der Waals surface area contributed by atoms with Gasteiger partial charge in [0.05, 0.1) is 6.42 Å². The highest BCUT2D eigenvalue weighted by Gasteiger charge is 2.46.